The van der Waals surface area contributed by atoms with Crippen molar-refractivity contribution in [3.8, 4) is 0 Å². The monoisotopic (exact) mass is 418 g/mol. The quantitative estimate of drug-likeness (QED) is 0.657. The Kier molecular flexibility index (Phi) is 5.15. The molecule has 2 aromatic carbocycles. The molecule has 1 saturated heterocycles. The van der Waals surface area contributed by atoms with Crippen molar-refractivity contribution < 1.29 is 9.59 Å². The molecule has 0 unspecified atom stereocenters. The summed E-state index contributed by atoms with van der Waals surface area (Å²) in [6.07, 6.45) is 7.21. The minimum Gasteiger partial charge on any atom is -0.371 e. The van der Waals surface area contributed by atoms with Crippen molar-refractivity contribution in [1.29, 1.82) is 0 Å². The van der Waals surface area contributed by atoms with E-state index in [1.807, 2.05) is 36.4 Å². The van der Waals surface area contributed by atoms with Crippen LogP contribution in [0.5, 0.6) is 0 Å². The van der Waals surface area contributed by atoms with Crippen molar-refractivity contribution in [3.63, 3.8) is 0 Å². The third kappa shape index (κ3) is 3.45. The molecular weight excluding hydrogens is 392 g/mol. The summed E-state index contributed by atoms with van der Waals surface area (Å²) in [6.45, 7) is 4.90. The summed E-state index contributed by atoms with van der Waals surface area (Å²) >= 11 is 1.07. The van der Waals surface area contributed by atoms with Gasteiger partial charge in [-0.15, -0.1) is 0 Å². The molecular formula is C25H26N2O2S. The van der Waals surface area contributed by atoms with Gasteiger partial charge in [0.25, 0.3) is 11.1 Å². The fourth-order valence-electron chi connectivity index (χ4n) is 4.91. The third-order valence-electron chi connectivity index (χ3n) is 6.48. The maximum Gasteiger partial charge on any atom is 0.293 e. The van der Waals surface area contributed by atoms with Gasteiger partial charge in [0, 0.05) is 25.3 Å². The lowest BCUT2D eigenvalue weighted by molar-refractivity contribution is -0.122. The number of carbonyl (C=O) groups excluding carboxylic acids is 2. The molecule has 4 nitrogen and oxygen atoms in total. The molecule has 0 atom stereocenters. The molecule has 3 aliphatic rings. The van der Waals surface area contributed by atoms with Crippen molar-refractivity contribution in [1.82, 2.24) is 4.90 Å². The fraction of sp³-hybridized carbons (Fsp3) is 0.360. The van der Waals surface area contributed by atoms with E-state index in [4.69, 9.17) is 0 Å². The summed E-state index contributed by atoms with van der Waals surface area (Å²) in [4.78, 5) is 30.0. The number of imide groups is 1. The second kappa shape index (κ2) is 7.95. The zero-order chi connectivity index (χ0) is 20.7. The van der Waals surface area contributed by atoms with Crippen LogP contribution in [0.2, 0.25) is 0 Å². The zero-order valence-corrected chi connectivity index (χ0v) is 18.1. The van der Waals surface area contributed by atoms with Crippen LogP contribution in [-0.4, -0.2) is 35.7 Å². The van der Waals surface area contributed by atoms with Crippen LogP contribution in [0.25, 0.3) is 6.08 Å². The number of hydrogen-bond donors (Lipinski definition) is 0. The Labute approximate surface area is 181 Å². The molecule has 0 aliphatic carbocycles. The number of rotatable bonds is 4. The highest BCUT2D eigenvalue weighted by atomic mass is 32.2. The van der Waals surface area contributed by atoms with E-state index in [2.05, 4.69) is 17.9 Å². The normalized spacial score (nSPS) is 19.6. The van der Waals surface area contributed by atoms with Crippen LogP contribution in [-0.2, 0) is 24.1 Å². The molecule has 0 aromatic heterocycles. The summed E-state index contributed by atoms with van der Waals surface area (Å²) < 4.78 is 0. The van der Waals surface area contributed by atoms with E-state index in [0.29, 0.717) is 17.9 Å². The average molecular weight is 419 g/mol. The Morgan fingerprint density at radius 3 is 2.63 bits per heavy atom. The third-order valence-corrected chi connectivity index (χ3v) is 7.39. The Morgan fingerprint density at radius 2 is 1.83 bits per heavy atom. The smallest absolute Gasteiger partial charge is 0.293 e. The maximum atomic E-state index is 13.0. The van der Waals surface area contributed by atoms with E-state index in [1.54, 1.807) is 0 Å². The molecule has 5 heteroatoms. The summed E-state index contributed by atoms with van der Waals surface area (Å²) in [5.41, 5.74) is 7.77. The number of thioether (sulfide) groups is 1. The van der Waals surface area contributed by atoms with E-state index in [-0.39, 0.29) is 11.1 Å². The van der Waals surface area contributed by atoms with Gasteiger partial charge in [-0.1, -0.05) is 30.3 Å². The number of aryl methyl sites for hydroxylation is 1. The molecule has 1 fully saturated rings. The number of anilines is 1. The molecule has 0 radical (unpaired) electrons. The molecule has 5 rings (SSSR count). The molecule has 0 N–H and O–H groups in total. The number of amides is 2. The van der Waals surface area contributed by atoms with Crippen LogP contribution >= 0.6 is 11.8 Å². The number of carbonyl (C=O) groups is 2. The predicted molar refractivity (Wildman–Crippen MR) is 123 cm³/mol. The second-order valence-electron chi connectivity index (χ2n) is 8.34. The molecule has 0 saturated carbocycles. The molecule has 3 heterocycles. The van der Waals surface area contributed by atoms with Crippen molar-refractivity contribution in [2.45, 2.75) is 39.0 Å². The van der Waals surface area contributed by atoms with Crippen molar-refractivity contribution in [3.05, 3.63) is 69.1 Å². The van der Waals surface area contributed by atoms with E-state index in [9.17, 15) is 9.59 Å². The second-order valence-corrected chi connectivity index (χ2v) is 9.33. The minimum absolute atomic E-state index is 0.159. The Balaban J connectivity index is 1.41. The summed E-state index contributed by atoms with van der Waals surface area (Å²) in [6, 6.07) is 12.2. The lowest BCUT2D eigenvalue weighted by atomic mass is 9.86. The summed E-state index contributed by atoms with van der Waals surface area (Å²) in [5.74, 6) is -0.159. The predicted octanol–water partition coefficient (Wildman–Crippen LogP) is 4.97. The zero-order valence-electron chi connectivity index (χ0n) is 17.3. The fourth-order valence-corrected chi connectivity index (χ4v) is 5.77. The van der Waals surface area contributed by atoms with Crippen LogP contribution in [0.1, 0.15) is 40.7 Å². The van der Waals surface area contributed by atoms with E-state index in [1.165, 1.54) is 40.1 Å². The van der Waals surface area contributed by atoms with Gasteiger partial charge in [0.1, 0.15) is 0 Å². The van der Waals surface area contributed by atoms with Gasteiger partial charge in [0.2, 0.25) is 0 Å². The number of benzene rings is 2. The summed E-state index contributed by atoms with van der Waals surface area (Å²) in [7, 11) is 0. The van der Waals surface area contributed by atoms with E-state index >= 15 is 0 Å². The largest absolute Gasteiger partial charge is 0.371 e. The first-order valence-corrected chi connectivity index (χ1v) is 11.6. The van der Waals surface area contributed by atoms with Crippen LogP contribution in [0.4, 0.5) is 10.5 Å². The highest BCUT2D eigenvalue weighted by Crippen LogP contribution is 2.40. The van der Waals surface area contributed by atoms with Gasteiger partial charge in [-0.3, -0.25) is 14.5 Å². The minimum atomic E-state index is -0.162. The molecule has 0 bridgehead atoms. The average Bonchev–Trinajstić information content (AvgIpc) is 3.03. The molecule has 30 heavy (non-hydrogen) atoms. The van der Waals surface area contributed by atoms with Gasteiger partial charge in [-0.25, -0.2) is 0 Å². The Hall–Kier alpha value is -2.53. The van der Waals surface area contributed by atoms with Crippen LogP contribution in [0.3, 0.4) is 0 Å². The Bertz CT molecular complexity index is 1040. The van der Waals surface area contributed by atoms with Crippen molar-refractivity contribution in [2.24, 2.45) is 0 Å². The molecule has 2 amide bonds. The lowest BCUT2D eigenvalue weighted by Crippen LogP contribution is -2.35. The van der Waals surface area contributed by atoms with Gasteiger partial charge in [0.05, 0.1) is 4.91 Å². The van der Waals surface area contributed by atoms with Crippen LogP contribution in [0.15, 0.2) is 41.3 Å². The number of nitrogens with zero attached hydrogens (tertiary/aromatic N) is 2. The molecule has 3 aliphatic heterocycles. The van der Waals surface area contributed by atoms with Gasteiger partial charge in [-0.2, -0.15) is 0 Å². The van der Waals surface area contributed by atoms with Gasteiger partial charge >= 0.3 is 0 Å². The van der Waals surface area contributed by atoms with E-state index in [0.717, 1.165) is 48.8 Å². The number of hydrogen-bond acceptors (Lipinski definition) is 4. The molecule has 0 spiro atoms. The van der Waals surface area contributed by atoms with Crippen molar-refractivity contribution >= 4 is 34.7 Å². The van der Waals surface area contributed by atoms with Crippen LogP contribution < -0.4 is 4.90 Å². The maximum absolute atomic E-state index is 13.0. The van der Waals surface area contributed by atoms with Crippen molar-refractivity contribution in [2.75, 3.05) is 24.5 Å². The van der Waals surface area contributed by atoms with Gasteiger partial charge < -0.3 is 4.90 Å². The molecule has 154 valence electrons. The van der Waals surface area contributed by atoms with Crippen LogP contribution in [0, 0.1) is 6.92 Å². The van der Waals surface area contributed by atoms with Gasteiger partial charge in [0.15, 0.2) is 0 Å². The SMILES string of the molecule is Cc1c(/C=C2/SC(=O)N(CCc3ccccc3)C2=O)cc2c3c1CCCN3CCC2. The summed E-state index contributed by atoms with van der Waals surface area (Å²) in [5, 5.41) is -0.162. The standard InChI is InChI=1S/C25H26N2O2S/c1-17-20(15-19-9-5-12-26-13-6-10-21(17)23(19)26)16-22-24(28)27(25(29)30-22)14-11-18-7-3-2-4-8-18/h2-4,7-8,15-16H,5-6,9-14H2,1H3/b22-16+. The first kappa shape index (κ1) is 19.4. The topological polar surface area (TPSA) is 40.6 Å². The lowest BCUT2D eigenvalue weighted by Gasteiger charge is -2.38. The van der Waals surface area contributed by atoms with E-state index < -0.39 is 0 Å². The first-order valence-electron chi connectivity index (χ1n) is 10.8. The first-order chi connectivity index (χ1) is 14.6. The highest BCUT2D eigenvalue weighted by molar-refractivity contribution is 8.18. The highest BCUT2D eigenvalue weighted by Gasteiger charge is 2.35. The molecule has 2 aromatic rings. The Morgan fingerprint density at radius 1 is 1.07 bits per heavy atom. The van der Waals surface area contributed by atoms with Gasteiger partial charge in [-0.05, 0) is 90.7 Å².